The fraction of sp³-hybridized carbons (Fsp3) is 0.476. The second kappa shape index (κ2) is 8.43. The molecule has 1 atom stereocenters. The number of hydrogen-bond acceptors (Lipinski definition) is 5. The van der Waals surface area contributed by atoms with Gasteiger partial charge >= 0.3 is 6.18 Å². The average Bonchev–Trinajstić information content (AvgIpc) is 3.28. The van der Waals surface area contributed by atoms with Crippen molar-refractivity contribution in [3.05, 3.63) is 57.5 Å². The zero-order chi connectivity index (χ0) is 22.2. The highest BCUT2D eigenvalue weighted by Gasteiger charge is 2.38. The van der Waals surface area contributed by atoms with Gasteiger partial charge < -0.3 is 14.4 Å². The van der Waals surface area contributed by atoms with Crippen LogP contribution in [-0.4, -0.2) is 52.7 Å². The van der Waals surface area contributed by atoms with Gasteiger partial charge in [0.25, 0.3) is 5.91 Å². The number of alkyl halides is 3. The van der Waals surface area contributed by atoms with Crippen LogP contribution in [-0.2, 0) is 15.7 Å². The Morgan fingerprint density at radius 3 is 2.61 bits per heavy atom. The summed E-state index contributed by atoms with van der Waals surface area (Å²) in [5, 5.41) is 4.17. The summed E-state index contributed by atoms with van der Waals surface area (Å²) in [5.74, 6) is -0.575. The Morgan fingerprint density at radius 2 is 1.90 bits per heavy atom. The first-order valence-electron chi connectivity index (χ1n) is 10.1. The Kier molecular flexibility index (Phi) is 5.85. The molecular formula is C21H22F3N3O4. The minimum absolute atomic E-state index is 0.110. The highest BCUT2D eigenvalue weighted by Crippen LogP contribution is 2.30. The van der Waals surface area contributed by atoms with Crippen LogP contribution in [0.4, 0.5) is 13.2 Å². The summed E-state index contributed by atoms with van der Waals surface area (Å²) in [5.41, 5.74) is -1.34. The smallest absolute Gasteiger partial charge is 0.348 e. The Balaban J connectivity index is 1.71. The molecule has 0 bridgehead atoms. The lowest BCUT2D eigenvalue weighted by atomic mass is 10.0. The van der Waals surface area contributed by atoms with Crippen molar-refractivity contribution in [2.24, 2.45) is 0 Å². The molecule has 1 unspecified atom stereocenters. The molecule has 2 aliphatic rings. The maximum atomic E-state index is 13.3. The molecule has 1 aromatic carbocycles. The van der Waals surface area contributed by atoms with Crippen molar-refractivity contribution in [3.63, 3.8) is 0 Å². The number of benzene rings is 1. The molecule has 0 N–H and O–H groups in total. The first-order chi connectivity index (χ1) is 14.8. The van der Waals surface area contributed by atoms with E-state index in [2.05, 4.69) is 5.10 Å². The van der Waals surface area contributed by atoms with Crippen LogP contribution < -0.4 is 5.43 Å². The molecule has 3 heterocycles. The molecular weight excluding hydrogens is 415 g/mol. The topological polar surface area (TPSA) is 73.7 Å². The maximum Gasteiger partial charge on any atom is 0.416 e. The van der Waals surface area contributed by atoms with Gasteiger partial charge in [0.1, 0.15) is 0 Å². The van der Waals surface area contributed by atoms with Crippen molar-refractivity contribution in [2.75, 3.05) is 19.8 Å². The van der Waals surface area contributed by atoms with E-state index in [1.54, 1.807) is 6.92 Å². The van der Waals surface area contributed by atoms with Gasteiger partial charge in [-0.1, -0.05) is 6.07 Å². The van der Waals surface area contributed by atoms with Gasteiger partial charge in [-0.25, -0.2) is 4.68 Å². The number of rotatable bonds is 3. The van der Waals surface area contributed by atoms with E-state index in [9.17, 15) is 22.8 Å². The molecule has 10 heteroatoms. The van der Waals surface area contributed by atoms with Crippen molar-refractivity contribution >= 4 is 5.91 Å². The Labute approximate surface area is 176 Å². The van der Waals surface area contributed by atoms with E-state index < -0.39 is 29.4 Å². The van der Waals surface area contributed by atoms with E-state index in [0.29, 0.717) is 31.9 Å². The number of nitrogens with zero attached hydrogens (tertiary/aromatic N) is 3. The number of aromatic nitrogens is 2. The van der Waals surface area contributed by atoms with Crippen molar-refractivity contribution in [1.82, 2.24) is 14.7 Å². The number of piperidine rings is 1. The molecule has 2 saturated heterocycles. The molecule has 0 spiro atoms. The molecule has 2 fully saturated rings. The number of amides is 1. The van der Waals surface area contributed by atoms with Crippen LogP contribution in [0.1, 0.15) is 41.0 Å². The summed E-state index contributed by atoms with van der Waals surface area (Å²) < 4.78 is 51.7. The predicted molar refractivity (Wildman–Crippen MR) is 104 cm³/mol. The van der Waals surface area contributed by atoms with Crippen LogP contribution in [0.25, 0.3) is 5.69 Å². The van der Waals surface area contributed by atoms with E-state index in [4.69, 9.17) is 9.47 Å². The van der Waals surface area contributed by atoms with Crippen molar-refractivity contribution in [3.8, 4) is 5.69 Å². The lowest BCUT2D eigenvalue weighted by Gasteiger charge is -2.37. The van der Waals surface area contributed by atoms with Crippen LogP contribution in [0.5, 0.6) is 0 Å². The standard InChI is InChI=1S/C21H22F3N3O4/c1-13-11-17(28)18(25-27(13)15-6-4-5-14(12-15)21(22,23)24)19(29)26-8-3-2-7-16(26)20-30-9-10-31-20/h4-6,11-12,16,20H,2-3,7-10H2,1H3. The maximum absolute atomic E-state index is 13.3. The van der Waals surface area contributed by atoms with E-state index in [0.717, 1.165) is 25.0 Å². The van der Waals surface area contributed by atoms with E-state index >= 15 is 0 Å². The molecule has 0 aliphatic carbocycles. The predicted octanol–water partition coefficient (Wildman–Crippen LogP) is 2.93. The SMILES string of the molecule is Cc1cc(=O)c(C(=O)N2CCCCC2C2OCCO2)nn1-c1cccc(C(F)(F)F)c1. The van der Waals surface area contributed by atoms with Gasteiger partial charge in [-0.3, -0.25) is 9.59 Å². The average molecular weight is 437 g/mol. The van der Waals surface area contributed by atoms with Crippen LogP contribution in [0.15, 0.2) is 35.1 Å². The van der Waals surface area contributed by atoms with Crippen molar-refractivity contribution < 1.29 is 27.4 Å². The quantitative estimate of drug-likeness (QED) is 0.738. The summed E-state index contributed by atoms with van der Waals surface area (Å²) in [4.78, 5) is 27.4. The molecule has 7 nitrogen and oxygen atoms in total. The van der Waals surface area contributed by atoms with Crippen molar-refractivity contribution in [2.45, 2.75) is 44.7 Å². The second-order valence-electron chi connectivity index (χ2n) is 7.63. The third-order valence-electron chi connectivity index (χ3n) is 5.50. The number of carbonyl (C=O) groups excluding carboxylic acids is 1. The first-order valence-corrected chi connectivity index (χ1v) is 10.1. The van der Waals surface area contributed by atoms with E-state index in [-0.39, 0.29) is 17.4 Å². The van der Waals surface area contributed by atoms with Crippen LogP contribution in [0.2, 0.25) is 0 Å². The number of hydrogen-bond donors (Lipinski definition) is 0. The lowest BCUT2D eigenvalue weighted by molar-refractivity contribution is -0.137. The molecule has 31 heavy (non-hydrogen) atoms. The van der Waals surface area contributed by atoms with Gasteiger partial charge in [0.05, 0.1) is 30.5 Å². The molecule has 2 aliphatic heterocycles. The molecule has 166 valence electrons. The number of halogens is 3. The van der Waals surface area contributed by atoms with E-state index in [1.807, 2.05) is 0 Å². The Bertz CT molecular complexity index is 1030. The fourth-order valence-corrected chi connectivity index (χ4v) is 4.00. The number of ether oxygens (including phenoxy) is 2. The van der Waals surface area contributed by atoms with E-state index in [1.165, 1.54) is 27.8 Å². The highest BCUT2D eigenvalue weighted by atomic mass is 19.4. The Morgan fingerprint density at radius 1 is 1.16 bits per heavy atom. The lowest BCUT2D eigenvalue weighted by Crippen LogP contribution is -2.51. The number of likely N-dealkylation sites (tertiary alicyclic amines) is 1. The summed E-state index contributed by atoms with van der Waals surface area (Å²) in [7, 11) is 0. The van der Waals surface area contributed by atoms with Gasteiger partial charge in [-0.15, -0.1) is 0 Å². The molecule has 0 saturated carbocycles. The minimum atomic E-state index is -4.52. The first kappa shape index (κ1) is 21.5. The van der Waals surface area contributed by atoms with Gasteiger partial charge in [0.2, 0.25) is 5.43 Å². The minimum Gasteiger partial charge on any atom is -0.348 e. The molecule has 0 radical (unpaired) electrons. The van der Waals surface area contributed by atoms with Gasteiger partial charge in [0, 0.05) is 18.3 Å². The van der Waals surface area contributed by atoms with Gasteiger partial charge in [-0.2, -0.15) is 18.3 Å². The third kappa shape index (κ3) is 4.35. The van der Waals surface area contributed by atoms with Gasteiger partial charge in [0.15, 0.2) is 12.0 Å². The largest absolute Gasteiger partial charge is 0.416 e. The third-order valence-corrected chi connectivity index (χ3v) is 5.50. The van der Waals surface area contributed by atoms with Crippen LogP contribution in [0, 0.1) is 6.92 Å². The number of carbonyl (C=O) groups is 1. The summed E-state index contributed by atoms with van der Waals surface area (Å²) >= 11 is 0. The molecule has 1 aromatic heterocycles. The zero-order valence-electron chi connectivity index (χ0n) is 16.9. The summed E-state index contributed by atoms with van der Waals surface area (Å²) in [6.45, 7) is 2.85. The normalized spacial score (nSPS) is 20.3. The molecule has 4 rings (SSSR count). The fourth-order valence-electron chi connectivity index (χ4n) is 4.00. The number of aryl methyl sites for hydroxylation is 1. The van der Waals surface area contributed by atoms with Crippen molar-refractivity contribution in [1.29, 1.82) is 0 Å². The zero-order valence-corrected chi connectivity index (χ0v) is 16.9. The molecule has 2 aromatic rings. The summed E-state index contributed by atoms with van der Waals surface area (Å²) in [6, 6.07) is 5.46. The second-order valence-corrected chi connectivity index (χ2v) is 7.63. The molecule has 1 amide bonds. The van der Waals surface area contributed by atoms with Crippen LogP contribution >= 0.6 is 0 Å². The monoisotopic (exact) mass is 437 g/mol. The summed E-state index contributed by atoms with van der Waals surface area (Å²) in [6.07, 6.45) is -2.75. The Hall–Kier alpha value is -2.72. The highest BCUT2D eigenvalue weighted by molar-refractivity contribution is 5.92. The van der Waals surface area contributed by atoms with Gasteiger partial charge in [-0.05, 0) is 44.4 Å². The van der Waals surface area contributed by atoms with Crippen LogP contribution in [0.3, 0.4) is 0 Å².